The normalized spacial score (nSPS) is 20.6. The molecule has 3 nitrogen and oxygen atoms in total. The first-order valence-corrected chi connectivity index (χ1v) is 6.85. The van der Waals surface area contributed by atoms with E-state index in [0.717, 1.165) is 6.42 Å². The molecule has 96 valence electrons. The highest BCUT2D eigenvalue weighted by Gasteiger charge is 2.39. The molecule has 1 atom stereocenters. The van der Waals surface area contributed by atoms with Crippen LogP contribution in [0, 0.1) is 5.41 Å². The van der Waals surface area contributed by atoms with Crippen LogP contribution in [0.5, 0.6) is 0 Å². The first kappa shape index (κ1) is 12.6. The molecule has 1 N–H and O–H groups in total. The van der Waals surface area contributed by atoms with Crippen molar-refractivity contribution < 1.29 is 0 Å². The fourth-order valence-electron chi connectivity index (χ4n) is 3.43. The summed E-state index contributed by atoms with van der Waals surface area (Å²) in [5, 5.41) is 3.55. The fraction of sp³-hybridized carbons (Fsp3) is 0.786. The maximum absolute atomic E-state index is 4.46. The molecule has 0 spiro atoms. The summed E-state index contributed by atoms with van der Waals surface area (Å²) in [6, 6.07) is 0.566. The number of aryl methyl sites for hydroxylation is 1. The Kier molecular flexibility index (Phi) is 3.87. The topological polar surface area (TPSA) is 29.9 Å². The van der Waals surface area contributed by atoms with Gasteiger partial charge in [0.15, 0.2) is 0 Å². The van der Waals surface area contributed by atoms with E-state index in [0.29, 0.717) is 11.5 Å². The van der Waals surface area contributed by atoms with Gasteiger partial charge in [-0.2, -0.15) is 0 Å². The van der Waals surface area contributed by atoms with Gasteiger partial charge in [-0.05, 0) is 31.7 Å². The standard InChI is InChI=1S/C14H25N3/c1-4-14(7-5-6-8-14)12(15-2)11-13-16-9-10-17(13)3/h9-10,12,15H,4-8,11H2,1-3H3. The summed E-state index contributed by atoms with van der Waals surface area (Å²) in [5.74, 6) is 1.20. The molecule has 1 heterocycles. The Bertz CT molecular complexity index is 350. The Balaban J connectivity index is 2.13. The number of nitrogens with one attached hydrogen (secondary N) is 1. The molecule has 17 heavy (non-hydrogen) atoms. The number of hydrogen-bond acceptors (Lipinski definition) is 2. The van der Waals surface area contributed by atoms with Gasteiger partial charge >= 0.3 is 0 Å². The van der Waals surface area contributed by atoms with Gasteiger partial charge in [0.2, 0.25) is 0 Å². The molecule has 0 amide bonds. The van der Waals surface area contributed by atoms with E-state index in [9.17, 15) is 0 Å². The van der Waals surface area contributed by atoms with Crippen LogP contribution in [0.3, 0.4) is 0 Å². The zero-order valence-corrected chi connectivity index (χ0v) is 11.4. The molecule has 0 radical (unpaired) electrons. The van der Waals surface area contributed by atoms with Crippen LogP contribution >= 0.6 is 0 Å². The summed E-state index contributed by atoms with van der Waals surface area (Å²) in [6.07, 6.45) is 11.8. The van der Waals surface area contributed by atoms with Gasteiger partial charge in [0.1, 0.15) is 5.82 Å². The summed E-state index contributed by atoms with van der Waals surface area (Å²) in [6.45, 7) is 2.34. The van der Waals surface area contributed by atoms with E-state index in [1.54, 1.807) is 0 Å². The monoisotopic (exact) mass is 235 g/mol. The molecule has 3 heteroatoms. The molecule has 0 bridgehead atoms. The summed E-state index contributed by atoms with van der Waals surface area (Å²) >= 11 is 0. The second-order valence-corrected chi connectivity index (χ2v) is 5.42. The quantitative estimate of drug-likeness (QED) is 0.850. The van der Waals surface area contributed by atoms with Crippen LogP contribution in [0.25, 0.3) is 0 Å². The van der Waals surface area contributed by atoms with E-state index < -0.39 is 0 Å². The third kappa shape index (κ3) is 2.39. The molecular formula is C14H25N3. The fourth-order valence-corrected chi connectivity index (χ4v) is 3.43. The largest absolute Gasteiger partial charge is 0.338 e. The summed E-state index contributed by atoms with van der Waals surface area (Å²) in [7, 11) is 4.19. The smallest absolute Gasteiger partial charge is 0.109 e. The molecule has 1 aliphatic rings. The SMILES string of the molecule is CCC1(C(Cc2nccn2C)NC)CCCC1. The molecular weight excluding hydrogens is 210 g/mol. The van der Waals surface area contributed by atoms with Gasteiger partial charge in [-0.3, -0.25) is 0 Å². The number of nitrogens with zero attached hydrogens (tertiary/aromatic N) is 2. The minimum absolute atomic E-state index is 0.501. The van der Waals surface area contributed by atoms with Crippen LogP contribution in [0.15, 0.2) is 12.4 Å². The third-order valence-electron chi connectivity index (χ3n) is 4.70. The van der Waals surface area contributed by atoms with Crippen molar-refractivity contribution in [2.75, 3.05) is 7.05 Å². The van der Waals surface area contributed by atoms with Crippen LogP contribution in [0.1, 0.15) is 44.9 Å². The van der Waals surface area contributed by atoms with Crippen molar-refractivity contribution in [1.29, 1.82) is 0 Å². The first-order valence-electron chi connectivity index (χ1n) is 6.85. The maximum Gasteiger partial charge on any atom is 0.109 e. The lowest BCUT2D eigenvalue weighted by Crippen LogP contribution is -2.44. The van der Waals surface area contributed by atoms with Crippen molar-refractivity contribution in [2.45, 2.75) is 51.5 Å². The minimum atomic E-state index is 0.501. The van der Waals surface area contributed by atoms with E-state index in [-0.39, 0.29) is 0 Å². The van der Waals surface area contributed by atoms with Crippen molar-refractivity contribution in [3.05, 3.63) is 18.2 Å². The lowest BCUT2D eigenvalue weighted by atomic mass is 9.75. The third-order valence-corrected chi connectivity index (χ3v) is 4.70. The van der Waals surface area contributed by atoms with Gasteiger partial charge in [0.05, 0.1) is 0 Å². The average Bonchev–Trinajstić information content (AvgIpc) is 2.96. The van der Waals surface area contributed by atoms with Gasteiger partial charge < -0.3 is 9.88 Å². The number of hydrogen-bond donors (Lipinski definition) is 1. The van der Waals surface area contributed by atoms with Crippen molar-refractivity contribution in [3.63, 3.8) is 0 Å². The highest BCUT2D eigenvalue weighted by atomic mass is 15.0. The number of rotatable bonds is 5. The van der Waals surface area contributed by atoms with E-state index in [4.69, 9.17) is 0 Å². The van der Waals surface area contributed by atoms with Gasteiger partial charge in [0.25, 0.3) is 0 Å². The Morgan fingerprint density at radius 1 is 1.47 bits per heavy atom. The minimum Gasteiger partial charge on any atom is -0.338 e. The molecule has 0 aliphatic heterocycles. The van der Waals surface area contributed by atoms with Crippen molar-refractivity contribution in [2.24, 2.45) is 12.5 Å². The van der Waals surface area contributed by atoms with Gasteiger partial charge in [-0.25, -0.2) is 4.98 Å². The van der Waals surface area contributed by atoms with Gasteiger partial charge in [0, 0.05) is 31.9 Å². The van der Waals surface area contributed by atoms with E-state index >= 15 is 0 Å². The van der Waals surface area contributed by atoms with Crippen LogP contribution < -0.4 is 5.32 Å². The van der Waals surface area contributed by atoms with Gasteiger partial charge in [-0.1, -0.05) is 19.8 Å². The highest BCUT2D eigenvalue weighted by Crippen LogP contribution is 2.44. The predicted octanol–water partition coefficient (Wildman–Crippen LogP) is 2.52. The Morgan fingerprint density at radius 3 is 2.65 bits per heavy atom. The molecule has 1 unspecified atom stereocenters. The van der Waals surface area contributed by atoms with E-state index in [1.165, 1.54) is 37.9 Å². The molecule has 1 aromatic rings. The van der Waals surface area contributed by atoms with Crippen molar-refractivity contribution in [1.82, 2.24) is 14.9 Å². The molecule has 1 saturated carbocycles. The molecule has 0 saturated heterocycles. The predicted molar refractivity (Wildman–Crippen MR) is 71.0 cm³/mol. The number of imidazole rings is 1. The van der Waals surface area contributed by atoms with Crippen molar-refractivity contribution >= 4 is 0 Å². The number of likely N-dealkylation sites (N-methyl/N-ethyl adjacent to an activating group) is 1. The lowest BCUT2D eigenvalue weighted by molar-refractivity contribution is 0.190. The van der Waals surface area contributed by atoms with E-state index in [2.05, 4.69) is 35.9 Å². The van der Waals surface area contributed by atoms with Crippen LogP contribution in [0.2, 0.25) is 0 Å². The lowest BCUT2D eigenvalue weighted by Gasteiger charge is -2.36. The summed E-state index contributed by atoms with van der Waals surface area (Å²) < 4.78 is 2.14. The molecule has 1 aromatic heterocycles. The summed E-state index contributed by atoms with van der Waals surface area (Å²) in [5.41, 5.74) is 0.501. The van der Waals surface area contributed by atoms with Crippen molar-refractivity contribution in [3.8, 4) is 0 Å². The van der Waals surface area contributed by atoms with Crippen LogP contribution in [-0.2, 0) is 13.5 Å². The molecule has 1 fully saturated rings. The maximum atomic E-state index is 4.46. The Labute approximate surface area is 105 Å². The van der Waals surface area contributed by atoms with Crippen LogP contribution in [0.4, 0.5) is 0 Å². The number of aromatic nitrogens is 2. The van der Waals surface area contributed by atoms with Gasteiger partial charge in [-0.15, -0.1) is 0 Å². The average molecular weight is 235 g/mol. The zero-order chi connectivity index (χ0) is 12.3. The summed E-state index contributed by atoms with van der Waals surface area (Å²) in [4.78, 5) is 4.46. The van der Waals surface area contributed by atoms with E-state index in [1.807, 2.05) is 12.4 Å². The molecule has 2 rings (SSSR count). The first-order chi connectivity index (χ1) is 8.22. The Hall–Kier alpha value is -0.830. The highest BCUT2D eigenvalue weighted by molar-refractivity contribution is 5.01. The zero-order valence-electron chi connectivity index (χ0n) is 11.4. The van der Waals surface area contributed by atoms with Crippen LogP contribution in [-0.4, -0.2) is 22.6 Å². The molecule has 0 aromatic carbocycles. The second-order valence-electron chi connectivity index (χ2n) is 5.42. The second kappa shape index (κ2) is 5.21. The molecule has 1 aliphatic carbocycles. The Morgan fingerprint density at radius 2 is 2.18 bits per heavy atom.